The van der Waals surface area contributed by atoms with Crippen LogP contribution in [0.3, 0.4) is 0 Å². The highest BCUT2D eigenvalue weighted by molar-refractivity contribution is 6.35. The van der Waals surface area contributed by atoms with E-state index in [1.165, 1.54) is 19.1 Å². The third-order valence-electron chi connectivity index (χ3n) is 2.77. The predicted octanol–water partition coefficient (Wildman–Crippen LogP) is 3.74. The van der Waals surface area contributed by atoms with Crippen LogP contribution in [0, 0.1) is 18.6 Å². The minimum atomic E-state index is -0.938. The molecule has 5 heteroatoms. The highest BCUT2D eigenvalue weighted by atomic mass is 35.5. The summed E-state index contributed by atoms with van der Waals surface area (Å²) < 4.78 is 26.9. The Morgan fingerprint density at radius 2 is 1.89 bits per heavy atom. The molecule has 0 heterocycles. The zero-order valence-electron chi connectivity index (χ0n) is 10.0. The van der Waals surface area contributed by atoms with E-state index in [9.17, 15) is 13.6 Å². The highest BCUT2D eigenvalue weighted by Gasteiger charge is 2.20. The summed E-state index contributed by atoms with van der Waals surface area (Å²) in [6.45, 7) is 1.45. The second-order valence-corrected chi connectivity index (χ2v) is 4.52. The molecular weight excluding hydrogens is 272 g/mol. The summed E-state index contributed by atoms with van der Waals surface area (Å²) in [5.41, 5.74) is 5.77. The van der Waals surface area contributed by atoms with Crippen LogP contribution in [0.1, 0.15) is 21.5 Å². The minimum absolute atomic E-state index is 0.0223. The molecule has 0 atom stereocenters. The maximum Gasteiger partial charge on any atom is 0.199 e. The quantitative estimate of drug-likeness (QED) is 0.673. The molecule has 2 aromatic carbocycles. The molecule has 2 aromatic rings. The van der Waals surface area contributed by atoms with Crippen LogP contribution < -0.4 is 5.73 Å². The fraction of sp³-hybridized carbons (Fsp3) is 0.0714. The molecule has 0 bridgehead atoms. The van der Waals surface area contributed by atoms with Crippen molar-refractivity contribution in [1.29, 1.82) is 0 Å². The third kappa shape index (κ3) is 2.44. The van der Waals surface area contributed by atoms with Crippen LogP contribution in [0.2, 0.25) is 5.02 Å². The summed E-state index contributed by atoms with van der Waals surface area (Å²) in [6, 6.07) is 6.39. The maximum absolute atomic E-state index is 13.7. The van der Waals surface area contributed by atoms with Gasteiger partial charge in [0.15, 0.2) is 5.78 Å². The van der Waals surface area contributed by atoms with Gasteiger partial charge >= 0.3 is 0 Å². The average Bonchev–Trinajstić information content (AvgIpc) is 2.33. The van der Waals surface area contributed by atoms with Gasteiger partial charge in [-0.25, -0.2) is 8.78 Å². The zero-order valence-corrected chi connectivity index (χ0v) is 10.8. The number of hydrogen-bond acceptors (Lipinski definition) is 2. The lowest BCUT2D eigenvalue weighted by Crippen LogP contribution is -2.09. The first-order valence-electron chi connectivity index (χ1n) is 5.46. The summed E-state index contributed by atoms with van der Waals surface area (Å²) >= 11 is 5.90. The smallest absolute Gasteiger partial charge is 0.199 e. The molecule has 0 amide bonds. The van der Waals surface area contributed by atoms with E-state index in [-0.39, 0.29) is 27.4 Å². The number of nitrogen functional groups attached to an aromatic ring is 1. The molecule has 0 saturated heterocycles. The van der Waals surface area contributed by atoms with Crippen LogP contribution in [0.5, 0.6) is 0 Å². The Hall–Kier alpha value is -1.94. The number of rotatable bonds is 2. The average molecular weight is 282 g/mol. The first kappa shape index (κ1) is 13.5. The molecule has 19 heavy (non-hydrogen) atoms. The molecule has 0 radical (unpaired) electrons. The van der Waals surface area contributed by atoms with E-state index >= 15 is 0 Å². The Bertz CT molecular complexity index is 650. The molecule has 0 aliphatic carbocycles. The van der Waals surface area contributed by atoms with Crippen LogP contribution in [-0.2, 0) is 0 Å². The molecule has 0 spiro atoms. The van der Waals surface area contributed by atoms with E-state index in [4.69, 9.17) is 17.3 Å². The van der Waals surface area contributed by atoms with Crippen LogP contribution in [0.15, 0.2) is 30.3 Å². The van der Waals surface area contributed by atoms with Gasteiger partial charge < -0.3 is 5.73 Å². The summed E-state index contributed by atoms with van der Waals surface area (Å²) in [6.07, 6.45) is 0. The molecule has 0 unspecified atom stereocenters. The van der Waals surface area contributed by atoms with Crippen molar-refractivity contribution in [2.24, 2.45) is 0 Å². The molecule has 0 saturated carbocycles. The van der Waals surface area contributed by atoms with Crippen LogP contribution in [0.4, 0.5) is 14.5 Å². The van der Waals surface area contributed by atoms with E-state index in [1.54, 1.807) is 6.07 Å². The number of hydrogen-bond donors (Lipinski definition) is 1. The molecule has 0 aliphatic heterocycles. The summed E-state index contributed by atoms with van der Waals surface area (Å²) in [7, 11) is 0. The standard InChI is InChI=1S/C14H10ClF2NO/c1-7-5-8(11(17)6-10(7)16)14(19)13-9(15)3-2-4-12(13)18/h2-6H,18H2,1H3. The molecular formula is C14H10ClF2NO. The third-order valence-corrected chi connectivity index (χ3v) is 3.08. The van der Waals surface area contributed by atoms with Crippen LogP contribution in [-0.4, -0.2) is 5.78 Å². The number of anilines is 1. The molecule has 0 aliphatic rings. The Balaban J connectivity index is 2.60. The lowest BCUT2D eigenvalue weighted by Gasteiger charge is -2.09. The molecule has 2 rings (SSSR count). The molecule has 0 fully saturated rings. The number of nitrogens with two attached hydrogens (primary N) is 1. The molecule has 2 N–H and O–H groups in total. The van der Waals surface area contributed by atoms with Crippen molar-refractivity contribution >= 4 is 23.1 Å². The lowest BCUT2D eigenvalue weighted by molar-refractivity contribution is 0.103. The molecule has 0 aromatic heterocycles. The van der Waals surface area contributed by atoms with E-state index in [0.717, 1.165) is 6.07 Å². The lowest BCUT2D eigenvalue weighted by atomic mass is 9.99. The van der Waals surface area contributed by atoms with Gasteiger partial charge in [0.1, 0.15) is 11.6 Å². The van der Waals surface area contributed by atoms with Gasteiger partial charge in [0.05, 0.1) is 16.1 Å². The molecule has 2 nitrogen and oxygen atoms in total. The van der Waals surface area contributed by atoms with Crippen LogP contribution >= 0.6 is 11.6 Å². The van der Waals surface area contributed by atoms with Gasteiger partial charge in [0.25, 0.3) is 0 Å². The number of ketones is 1. The predicted molar refractivity (Wildman–Crippen MR) is 70.4 cm³/mol. The van der Waals surface area contributed by atoms with Crippen molar-refractivity contribution in [3.63, 3.8) is 0 Å². The Morgan fingerprint density at radius 3 is 2.53 bits per heavy atom. The van der Waals surface area contributed by atoms with E-state index in [1.807, 2.05) is 0 Å². The fourth-order valence-corrected chi connectivity index (χ4v) is 2.01. The fourth-order valence-electron chi connectivity index (χ4n) is 1.75. The first-order valence-corrected chi connectivity index (χ1v) is 5.84. The Labute approximate surface area is 113 Å². The van der Waals surface area contributed by atoms with E-state index in [0.29, 0.717) is 6.07 Å². The number of halogens is 3. The highest BCUT2D eigenvalue weighted by Crippen LogP contribution is 2.26. The largest absolute Gasteiger partial charge is 0.398 e. The number of benzene rings is 2. The van der Waals surface area contributed by atoms with Crippen molar-refractivity contribution in [2.75, 3.05) is 5.73 Å². The SMILES string of the molecule is Cc1cc(C(=O)c2c(N)cccc2Cl)c(F)cc1F. The van der Waals surface area contributed by atoms with Gasteiger partial charge in [-0.05, 0) is 30.7 Å². The summed E-state index contributed by atoms with van der Waals surface area (Å²) in [4.78, 5) is 12.2. The van der Waals surface area contributed by atoms with E-state index < -0.39 is 17.4 Å². The van der Waals surface area contributed by atoms with Crippen molar-refractivity contribution in [1.82, 2.24) is 0 Å². The monoisotopic (exact) mass is 281 g/mol. The van der Waals surface area contributed by atoms with Crippen molar-refractivity contribution in [3.8, 4) is 0 Å². The second-order valence-electron chi connectivity index (χ2n) is 4.11. The number of carbonyl (C=O) groups is 1. The van der Waals surface area contributed by atoms with Gasteiger partial charge in [-0.1, -0.05) is 17.7 Å². The van der Waals surface area contributed by atoms with Crippen molar-refractivity contribution in [2.45, 2.75) is 6.92 Å². The maximum atomic E-state index is 13.7. The van der Waals surface area contributed by atoms with Crippen LogP contribution in [0.25, 0.3) is 0 Å². The number of carbonyl (C=O) groups excluding carboxylic acids is 1. The normalized spacial score (nSPS) is 10.5. The van der Waals surface area contributed by atoms with E-state index in [2.05, 4.69) is 0 Å². The zero-order chi connectivity index (χ0) is 14.2. The second kappa shape index (κ2) is 4.97. The van der Waals surface area contributed by atoms with Gasteiger partial charge in [-0.2, -0.15) is 0 Å². The Morgan fingerprint density at radius 1 is 1.21 bits per heavy atom. The minimum Gasteiger partial charge on any atom is -0.398 e. The van der Waals surface area contributed by atoms with Gasteiger partial charge in [-0.3, -0.25) is 4.79 Å². The van der Waals surface area contributed by atoms with Gasteiger partial charge in [-0.15, -0.1) is 0 Å². The van der Waals surface area contributed by atoms with Crippen molar-refractivity contribution in [3.05, 3.63) is 63.7 Å². The van der Waals surface area contributed by atoms with Gasteiger partial charge in [0, 0.05) is 11.8 Å². The number of aryl methyl sites for hydroxylation is 1. The molecule has 98 valence electrons. The topological polar surface area (TPSA) is 43.1 Å². The van der Waals surface area contributed by atoms with Crippen molar-refractivity contribution < 1.29 is 13.6 Å². The summed E-state index contributed by atoms with van der Waals surface area (Å²) in [5, 5.41) is 0.131. The summed E-state index contributed by atoms with van der Waals surface area (Å²) in [5.74, 6) is -2.31. The Kier molecular flexibility index (Phi) is 3.53. The van der Waals surface area contributed by atoms with Gasteiger partial charge in [0.2, 0.25) is 0 Å². The first-order chi connectivity index (χ1) is 8.91.